The number of fused-ring (bicyclic) bond motifs is 1. The summed E-state index contributed by atoms with van der Waals surface area (Å²) in [6.45, 7) is 2.05. The fourth-order valence-electron chi connectivity index (χ4n) is 4.52. The first kappa shape index (κ1) is 25.2. The summed E-state index contributed by atoms with van der Waals surface area (Å²) in [6.07, 6.45) is 1.52. The third-order valence-electron chi connectivity index (χ3n) is 6.53. The Morgan fingerprint density at radius 2 is 1.63 bits per heavy atom. The molecule has 1 aliphatic rings. The van der Waals surface area contributed by atoms with Gasteiger partial charge >= 0.3 is 0 Å². The van der Waals surface area contributed by atoms with Gasteiger partial charge in [0.15, 0.2) is 0 Å². The molecule has 2 amide bonds. The van der Waals surface area contributed by atoms with Gasteiger partial charge in [0.2, 0.25) is 0 Å². The molecule has 9 heteroatoms. The zero-order chi connectivity index (χ0) is 26.6. The van der Waals surface area contributed by atoms with Crippen LogP contribution in [0.5, 0.6) is 5.75 Å². The third kappa shape index (κ3) is 5.17. The van der Waals surface area contributed by atoms with Gasteiger partial charge in [-0.25, -0.2) is 9.82 Å². The minimum atomic E-state index is -0.478. The summed E-state index contributed by atoms with van der Waals surface area (Å²) in [7, 11) is 0. The molecule has 38 heavy (non-hydrogen) atoms. The Balaban J connectivity index is 1.31. The Morgan fingerprint density at radius 1 is 0.921 bits per heavy atom. The van der Waals surface area contributed by atoms with Crippen LogP contribution >= 0.6 is 11.6 Å². The number of rotatable bonds is 5. The van der Waals surface area contributed by atoms with Crippen LogP contribution < -0.4 is 10.3 Å². The summed E-state index contributed by atoms with van der Waals surface area (Å²) in [4.78, 5) is 29.6. The molecule has 0 spiro atoms. The predicted molar refractivity (Wildman–Crippen MR) is 147 cm³/mol. The second kappa shape index (κ2) is 10.9. The van der Waals surface area contributed by atoms with Crippen LogP contribution in [0.15, 0.2) is 84.0 Å². The first-order valence-corrected chi connectivity index (χ1v) is 12.4. The number of phenols is 1. The zero-order valence-corrected chi connectivity index (χ0v) is 21.0. The molecule has 1 heterocycles. The van der Waals surface area contributed by atoms with Crippen molar-refractivity contribution < 1.29 is 19.1 Å². The Hall–Kier alpha value is -4.43. The van der Waals surface area contributed by atoms with Gasteiger partial charge in [0.05, 0.1) is 16.9 Å². The van der Waals surface area contributed by atoms with Crippen LogP contribution in [-0.2, 0) is 0 Å². The molecule has 4 aromatic rings. The molecule has 0 saturated carbocycles. The summed E-state index contributed by atoms with van der Waals surface area (Å²) < 4.78 is 14.2. The number of piperazine rings is 1. The lowest BCUT2D eigenvalue weighted by molar-refractivity contribution is 0.0748. The number of carbonyl (C=O) groups is 2. The van der Waals surface area contributed by atoms with Crippen LogP contribution in [0.25, 0.3) is 10.8 Å². The van der Waals surface area contributed by atoms with Crippen molar-refractivity contribution in [1.29, 1.82) is 0 Å². The second-order valence-electron chi connectivity index (χ2n) is 8.84. The lowest BCUT2D eigenvalue weighted by atomic mass is 9.99. The van der Waals surface area contributed by atoms with E-state index in [1.807, 2.05) is 29.2 Å². The highest BCUT2D eigenvalue weighted by atomic mass is 35.5. The number of benzene rings is 4. The molecule has 0 unspecified atom stereocenters. The predicted octanol–water partition coefficient (Wildman–Crippen LogP) is 5.06. The SMILES string of the molecule is O=C(NN=Cc1ccc(C(=O)N2CCN(c3ccccc3F)CC2)c2ccccc12)c1ccc(O)c(Cl)c1. The normalized spacial score (nSPS) is 13.7. The van der Waals surface area contributed by atoms with Gasteiger partial charge in [-0.3, -0.25) is 9.59 Å². The minimum absolute atomic E-state index is 0.0709. The quantitative estimate of drug-likeness (QED) is 0.279. The molecule has 1 aliphatic heterocycles. The maximum atomic E-state index is 14.2. The molecule has 0 atom stereocenters. The molecule has 0 bridgehead atoms. The largest absolute Gasteiger partial charge is 0.506 e. The lowest BCUT2D eigenvalue weighted by Gasteiger charge is -2.36. The van der Waals surface area contributed by atoms with E-state index >= 15 is 0 Å². The third-order valence-corrected chi connectivity index (χ3v) is 6.83. The van der Waals surface area contributed by atoms with Crippen molar-refractivity contribution >= 4 is 46.1 Å². The summed E-state index contributed by atoms with van der Waals surface area (Å²) >= 11 is 5.87. The highest BCUT2D eigenvalue weighted by Crippen LogP contribution is 2.26. The standard InChI is InChI=1S/C29H24ClFN4O3/c30-24-17-19(10-12-27(24)36)28(37)33-32-18-20-9-11-23(22-6-2-1-5-21(20)22)29(38)35-15-13-34(14-16-35)26-8-4-3-7-25(26)31/h1-12,17-18,36H,13-16H2,(H,33,37). The molecule has 5 rings (SSSR count). The van der Waals surface area contributed by atoms with Crippen LogP contribution in [-0.4, -0.2) is 54.2 Å². The number of hydrogen-bond donors (Lipinski definition) is 2. The van der Waals surface area contributed by atoms with Crippen LogP contribution in [0.4, 0.5) is 10.1 Å². The van der Waals surface area contributed by atoms with Gasteiger partial charge in [0, 0.05) is 42.9 Å². The van der Waals surface area contributed by atoms with E-state index in [1.165, 1.54) is 30.5 Å². The number of phenolic OH excluding ortho intramolecular Hbond substituents is 1. The lowest BCUT2D eigenvalue weighted by Crippen LogP contribution is -2.49. The van der Waals surface area contributed by atoms with E-state index in [1.54, 1.807) is 35.2 Å². The molecular formula is C29H24ClFN4O3. The number of para-hydroxylation sites is 1. The highest BCUT2D eigenvalue weighted by molar-refractivity contribution is 6.32. The van der Waals surface area contributed by atoms with E-state index in [4.69, 9.17) is 11.6 Å². The van der Waals surface area contributed by atoms with Gasteiger partial charge in [-0.2, -0.15) is 5.10 Å². The van der Waals surface area contributed by atoms with Crippen molar-refractivity contribution in [2.24, 2.45) is 5.10 Å². The molecule has 0 aromatic heterocycles. The van der Waals surface area contributed by atoms with E-state index in [0.717, 1.165) is 16.3 Å². The molecule has 192 valence electrons. The van der Waals surface area contributed by atoms with Crippen molar-refractivity contribution in [2.75, 3.05) is 31.1 Å². The fraction of sp³-hybridized carbons (Fsp3) is 0.138. The van der Waals surface area contributed by atoms with Gasteiger partial charge in [-0.1, -0.05) is 54.1 Å². The van der Waals surface area contributed by atoms with Crippen LogP contribution in [0.2, 0.25) is 5.02 Å². The van der Waals surface area contributed by atoms with Crippen molar-refractivity contribution in [3.8, 4) is 5.75 Å². The summed E-state index contributed by atoms with van der Waals surface area (Å²) in [5, 5.41) is 15.3. The molecular weight excluding hydrogens is 507 g/mol. The first-order chi connectivity index (χ1) is 18.4. The van der Waals surface area contributed by atoms with E-state index in [-0.39, 0.29) is 28.1 Å². The van der Waals surface area contributed by atoms with Crippen LogP contribution in [0, 0.1) is 5.82 Å². The van der Waals surface area contributed by atoms with Crippen LogP contribution in [0.3, 0.4) is 0 Å². The van der Waals surface area contributed by atoms with Gasteiger partial charge in [-0.15, -0.1) is 0 Å². The summed E-state index contributed by atoms with van der Waals surface area (Å²) in [6, 6.07) is 21.9. The topological polar surface area (TPSA) is 85.2 Å². The Bertz CT molecular complexity index is 1550. The number of hydrazone groups is 1. The van der Waals surface area contributed by atoms with Gasteiger partial charge in [-0.05, 0) is 47.2 Å². The molecule has 1 fully saturated rings. The highest BCUT2D eigenvalue weighted by Gasteiger charge is 2.25. The monoisotopic (exact) mass is 530 g/mol. The van der Waals surface area contributed by atoms with Crippen molar-refractivity contribution in [3.63, 3.8) is 0 Å². The molecule has 0 aliphatic carbocycles. The Morgan fingerprint density at radius 3 is 2.37 bits per heavy atom. The summed E-state index contributed by atoms with van der Waals surface area (Å²) in [5.74, 6) is -0.942. The van der Waals surface area contributed by atoms with E-state index < -0.39 is 5.91 Å². The molecule has 1 saturated heterocycles. The molecule has 2 N–H and O–H groups in total. The second-order valence-corrected chi connectivity index (χ2v) is 9.25. The molecule has 0 radical (unpaired) electrons. The molecule has 7 nitrogen and oxygen atoms in total. The number of halogens is 2. The van der Waals surface area contributed by atoms with Crippen LogP contribution in [0.1, 0.15) is 26.3 Å². The number of anilines is 1. The van der Waals surface area contributed by atoms with E-state index in [9.17, 15) is 19.1 Å². The Kier molecular flexibility index (Phi) is 7.24. The smallest absolute Gasteiger partial charge is 0.271 e. The van der Waals surface area contributed by atoms with E-state index in [2.05, 4.69) is 10.5 Å². The average Bonchev–Trinajstić information content (AvgIpc) is 2.94. The minimum Gasteiger partial charge on any atom is -0.506 e. The van der Waals surface area contributed by atoms with E-state index in [0.29, 0.717) is 37.4 Å². The summed E-state index contributed by atoms with van der Waals surface area (Å²) in [5.41, 5.74) is 4.56. The maximum absolute atomic E-state index is 14.2. The Labute approximate surface area is 223 Å². The number of hydrogen-bond acceptors (Lipinski definition) is 5. The number of amides is 2. The van der Waals surface area contributed by atoms with Gasteiger partial charge in [0.1, 0.15) is 11.6 Å². The average molecular weight is 531 g/mol. The molecule has 4 aromatic carbocycles. The van der Waals surface area contributed by atoms with Crippen molar-refractivity contribution in [2.45, 2.75) is 0 Å². The number of nitrogens with one attached hydrogen (secondary N) is 1. The number of nitrogens with zero attached hydrogens (tertiary/aromatic N) is 3. The van der Waals surface area contributed by atoms with Crippen molar-refractivity contribution in [3.05, 3.63) is 106 Å². The maximum Gasteiger partial charge on any atom is 0.271 e. The van der Waals surface area contributed by atoms with Crippen molar-refractivity contribution in [1.82, 2.24) is 10.3 Å². The zero-order valence-electron chi connectivity index (χ0n) is 20.3. The first-order valence-electron chi connectivity index (χ1n) is 12.0. The van der Waals surface area contributed by atoms with Gasteiger partial charge in [0.25, 0.3) is 11.8 Å². The van der Waals surface area contributed by atoms with Gasteiger partial charge < -0.3 is 14.9 Å². The number of carbonyl (C=O) groups excluding carboxylic acids is 2. The fourth-order valence-corrected chi connectivity index (χ4v) is 4.70. The number of aromatic hydroxyl groups is 1.